The van der Waals surface area contributed by atoms with Gasteiger partial charge >= 0.3 is 0 Å². The third-order valence-corrected chi connectivity index (χ3v) is 4.85. The first-order chi connectivity index (χ1) is 14.5. The highest BCUT2D eigenvalue weighted by molar-refractivity contribution is 6.11. The van der Waals surface area contributed by atoms with Crippen LogP contribution in [0.5, 0.6) is 0 Å². The van der Waals surface area contributed by atoms with Crippen molar-refractivity contribution in [1.82, 2.24) is 19.6 Å². The predicted octanol–water partition coefficient (Wildman–Crippen LogP) is 2.79. The molecule has 1 amide bonds. The molecule has 4 rings (SSSR count). The summed E-state index contributed by atoms with van der Waals surface area (Å²) in [6.45, 7) is 1.76. The van der Waals surface area contributed by atoms with Crippen LogP contribution in [-0.4, -0.2) is 25.5 Å². The number of H-pyrrole nitrogens is 1. The van der Waals surface area contributed by atoms with E-state index < -0.39 is 5.91 Å². The van der Waals surface area contributed by atoms with Crippen molar-refractivity contribution in [2.24, 2.45) is 7.05 Å². The molecule has 9 nitrogen and oxygen atoms in total. The molecule has 2 heterocycles. The molecule has 0 unspecified atom stereocenters. The third kappa shape index (κ3) is 3.32. The normalized spacial score (nSPS) is 10.7. The molecule has 9 heteroatoms. The molecule has 0 radical (unpaired) electrons. The van der Waals surface area contributed by atoms with Gasteiger partial charge in [0, 0.05) is 12.7 Å². The molecule has 0 bridgehead atoms. The molecule has 5 N–H and O–H groups in total. The lowest BCUT2D eigenvalue weighted by molar-refractivity contribution is 0.102. The topological polar surface area (TPSA) is 123 Å². The number of aromatic amines is 1. The van der Waals surface area contributed by atoms with Crippen molar-refractivity contribution in [3.63, 3.8) is 0 Å². The average molecular weight is 403 g/mol. The van der Waals surface area contributed by atoms with Gasteiger partial charge in [-0.1, -0.05) is 36.4 Å². The minimum absolute atomic E-state index is 0.0999. The predicted molar refractivity (Wildman–Crippen MR) is 116 cm³/mol. The number of nitrogen functional groups attached to an aromatic ring is 1. The summed E-state index contributed by atoms with van der Waals surface area (Å²) in [5.74, 6) is -0.165. The van der Waals surface area contributed by atoms with Gasteiger partial charge in [0.1, 0.15) is 17.1 Å². The molecule has 2 aromatic heterocycles. The van der Waals surface area contributed by atoms with Crippen molar-refractivity contribution >= 4 is 28.9 Å². The zero-order valence-corrected chi connectivity index (χ0v) is 16.5. The van der Waals surface area contributed by atoms with E-state index in [1.54, 1.807) is 18.7 Å². The summed E-state index contributed by atoms with van der Waals surface area (Å²) in [6.07, 6.45) is 0. The second-order valence-electron chi connectivity index (χ2n) is 6.74. The quantitative estimate of drug-likeness (QED) is 0.408. The molecule has 0 aliphatic carbocycles. The summed E-state index contributed by atoms with van der Waals surface area (Å²) in [6, 6.07) is 18.5. The maximum Gasteiger partial charge on any atom is 0.295 e. The number of aromatic nitrogens is 4. The van der Waals surface area contributed by atoms with Gasteiger partial charge in [-0.25, -0.2) is 4.68 Å². The lowest BCUT2D eigenvalue weighted by Crippen LogP contribution is -2.23. The van der Waals surface area contributed by atoms with Crippen LogP contribution in [0.3, 0.4) is 0 Å². The molecule has 0 spiro atoms. The summed E-state index contributed by atoms with van der Waals surface area (Å²) in [4.78, 5) is 26.1. The first kappa shape index (κ1) is 19.1. The Labute approximate surface area is 172 Å². The molecule has 0 saturated heterocycles. The van der Waals surface area contributed by atoms with Gasteiger partial charge in [0.05, 0.1) is 11.4 Å². The first-order valence-electron chi connectivity index (χ1n) is 9.28. The van der Waals surface area contributed by atoms with Crippen molar-refractivity contribution in [3.8, 4) is 5.69 Å². The van der Waals surface area contributed by atoms with Crippen molar-refractivity contribution in [3.05, 3.63) is 82.3 Å². The van der Waals surface area contributed by atoms with Crippen molar-refractivity contribution < 1.29 is 4.79 Å². The first-order valence-corrected chi connectivity index (χ1v) is 9.28. The van der Waals surface area contributed by atoms with Crippen molar-refractivity contribution in [2.45, 2.75) is 6.92 Å². The third-order valence-electron chi connectivity index (χ3n) is 4.85. The van der Waals surface area contributed by atoms with E-state index in [4.69, 9.17) is 5.73 Å². The van der Waals surface area contributed by atoms with Crippen LogP contribution in [0.2, 0.25) is 0 Å². The minimum Gasteiger partial charge on any atom is -0.383 e. The molecule has 0 atom stereocenters. The van der Waals surface area contributed by atoms with Crippen LogP contribution >= 0.6 is 0 Å². The minimum atomic E-state index is -0.536. The molecule has 30 heavy (non-hydrogen) atoms. The van der Waals surface area contributed by atoms with Gasteiger partial charge in [-0.3, -0.25) is 19.4 Å². The van der Waals surface area contributed by atoms with Crippen LogP contribution in [-0.2, 0) is 7.05 Å². The van der Waals surface area contributed by atoms with Crippen LogP contribution < -0.4 is 21.9 Å². The van der Waals surface area contributed by atoms with Gasteiger partial charge in [0.15, 0.2) is 5.82 Å². The molecule has 2 aromatic carbocycles. The fourth-order valence-corrected chi connectivity index (χ4v) is 3.22. The molecule has 0 aliphatic heterocycles. The van der Waals surface area contributed by atoms with Crippen molar-refractivity contribution in [1.29, 1.82) is 0 Å². The van der Waals surface area contributed by atoms with Gasteiger partial charge in [-0.15, -0.1) is 0 Å². The van der Waals surface area contributed by atoms with Crippen LogP contribution in [0, 0.1) is 6.92 Å². The lowest BCUT2D eigenvalue weighted by Gasteiger charge is -2.07. The van der Waals surface area contributed by atoms with E-state index in [0.29, 0.717) is 11.4 Å². The lowest BCUT2D eigenvalue weighted by atomic mass is 10.2. The summed E-state index contributed by atoms with van der Waals surface area (Å²) in [5, 5.41) is 12.5. The number of anilines is 4. The zero-order chi connectivity index (χ0) is 21.3. The standard InChI is InChI=1S/C21H21N7O2/c1-13-17(21(30)28(27(13)2)15-11-7-4-8-12-15)24-20(29)16-18(22)25-26-19(16)23-14-9-5-3-6-10-14/h3-12H,1-2H3,(H,24,29)(H4,22,23,25,26). The monoisotopic (exact) mass is 403 g/mol. The molecule has 0 aliphatic rings. The zero-order valence-electron chi connectivity index (χ0n) is 16.5. The maximum absolute atomic E-state index is 13.0. The Bertz CT molecular complexity index is 1250. The number of nitrogens with two attached hydrogens (primary N) is 1. The van der Waals surface area contributed by atoms with E-state index in [1.807, 2.05) is 60.7 Å². The average Bonchev–Trinajstić information content (AvgIpc) is 3.21. The van der Waals surface area contributed by atoms with E-state index in [1.165, 1.54) is 4.68 Å². The summed E-state index contributed by atoms with van der Waals surface area (Å²) in [7, 11) is 1.76. The number of amides is 1. The number of benzene rings is 2. The van der Waals surface area contributed by atoms with Crippen molar-refractivity contribution in [2.75, 3.05) is 16.4 Å². The highest BCUT2D eigenvalue weighted by Crippen LogP contribution is 2.24. The Morgan fingerprint density at radius 1 is 1.07 bits per heavy atom. The van der Waals surface area contributed by atoms with E-state index in [2.05, 4.69) is 20.8 Å². The molecule has 4 aromatic rings. The number of rotatable bonds is 5. The smallest absolute Gasteiger partial charge is 0.295 e. The maximum atomic E-state index is 13.0. The van der Waals surface area contributed by atoms with Gasteiger partial charge in [-0.2, -0.15) is 5.10 Å². The summed E-state index contributed by atoms with van der Waals surface area (Å²) in [5.41, 5.74) is 7.97. The fraction of sp³-hybridized carbons (Fsp3) is 0.0952. The Morgan fingerprint density at radius 3 is 2.37 bits per heavy atom. The number of carbonyl (C=O) groups is 1. The number of hydrogen-bond acceptors (Lipinski definition) is 5. The Hall–Kier alpha value is -4.27. The van der Waals surface area contributed by atoms with E-state index in [9.17, 15) is 9.59 Å². The van der Waals surface area contributed by atoms with Crippen LogP contribution in [0.15, 0.2) is 65.5 Å². The van der Waals surface area contributed by atoms with E-state index >= 15 is 0 Å². The summed E-state index contributed by atoms with van der Waals surface area (Å²) >= 11 is 0. The second-order valence-corrected chi connectivity index (χ2v) is 6.74. The number of para-hydroxylation sites is 2. The SMILES string of the molecule is Cc1c(NC(=O)c2c(Nc3ccccc3)n[nH]c2N)c(=O)n(-c2ccccc2)n1C. The molecular formula is C21H21N7O2. The Kier molecular flexibility index (Phi) is 4.85. The van der Waals surface area contributed by atoms with Crippen LogP contribution in [0.4, 0.5) is 23.0 Å². The summed E-state index contributed by atoms with van der Waals surface area (Å²) < 4.78 is 3.18. The highest BCUT2D eigenvalue weighted by Gasteiger charge is 2.23. The Morgan fingerprint density at radius 2 is 1.70 bits per heavy atom. The van der Waals surface area contributed by atoms with E-state index in [-0.39, 0.29) is 28.4 Å². The largest absolute Gasteiger partial charge is 0.383 e. The Balaban J connectivity index is 1.68. The molecular weight excluding hydrogens is 382 g/mol. The highest BCUT2D eigenvalue weighted by atomic mass is 16.2. The molecule has 0 saturated carbocycles. The number of nitrogens with zero attached hydrogens (tertiary/aromatic N) is 3. The fourth-order valence-electron chi connectivity index (χ4n) is 3.22. The number of carbonyl (C=O) groups excluding carboxylic acids is 1. The van der Waals surface area contributed by atoms with Crippen LogP contribution in [0.1, 0.15) is 16.1 Å². The number of nitrogens with one attached hydrogen (secondary N) is 3. The van der Waals surface area contributed by atoms with Gasteiger partial charge < -0.3 is 16.4 Å². The molecule has 152 valence electrons. The molecule has 0 fully saturated rings. The second kappa shape index (κ2) is 7.63. The van der Waals surface area contributed by atoms with Gasteiger partial charge in [-0.05, 0) is 31.2 Å². The number of hydrogen-bond donors (Lipinski definition) is 4. The van der Waals surface area contributed by atoms with Gasteiger partial charge in [0.2, 0.25) is 0 Å². The van der Waals surface area contributed by atoms with Gasteiger partial charge in [0.25, 0.3) is 11.5 Å². The van der Waals surface area contributed by atoms with Crippen LogP contribution in [0.25, 0.3) is 5.69 Å². The van der Waals surface area contributed by atoms with E-state index in [0.717, 1.165) is 5.69 Å².